The summed E-state index contributed by atoms with van der Waals surface area (Å²) in [5.41, 5.74) is 9.16. The number of fused-ring (bicyclic) bond motifs is 1. The molecule has 0 radical (unpaired) electrons. The van der Waals surface area contributed by atoms with E-state index in [1.54, 1.807) is 31.2 Å². The summed E-state index contributed by atoms with van der Waals surface area (Å²) in [5, 5.41) is 20.3. The van der Waals surface area contributed by atoms with E-state index in [4.69, 9.17) is 15.9 Å². The van der Waals surface area contributed by atoms with Crippen LogP contribution >= 0.6 is 0 Å². The van der Waals surface area contributed by atoms with Gasteiger partial charge in [0.05, 0.1) is 17.9 Å². The molecule has 2 atom stereocenters. The van der Waals surface area contributed by atoms with E-state index >= 15 is 0 Å². The maximum Gasteiger partial charge on any atom is 0.412 e. The number of hydrogen-bond acceptors (Lipinski definition) is 8. The van der Waals surface area contributed by atoms with Gasteiger partial charge in [0.2, 0.25) is 5.91 Å². The van der Waals surface area contributed by atoms with E-state index in [9.17, 15) is 27.6 Å². The van der Waals surface area contributed by atoms with Gasteiger partial charge in [-0.2, -0.15) is 13.2 Å². The molecule has 0 aliphatic carbocycles. The number of pyridine rings is 1. The van der Waals surface area contributed by atoms with Gasteiger partial charge >= 0.3 is 12.3 Å². The first-order valence-corrected chi connectivity index (χ1v) is 19.3. The van der Waals surface area contributed by atoms with Crippen LogP contribution in [0.15, 0.2) is 89.3 Å². The minimum atomic E-state index is -4.26. The van der Waals surface area contributed by atoms with Crippen LogP contribution in [0.25, 0.3) is 0 Å². The second-order valence-electron chi connectivity index (χ2n) is 13.0. The number of carbonyl (C=O) groups excluding carboxylic acids is 2. The second-order valence-corrected chi connectivity index (χ2v) is 13.0. The van der Waals surface area contributed by atoms with E-state index in [2.05, 4.69) is 35.1 Å². The molecule has 0 fully saturated rings. The SMILES string of the molecule is C/C=C\CC(N)/C=C(\C)C(F)(F)F.CC.CC.Cc1cc2c(c(=O)n1CC(=O)NCc1ccc(C(=N)CNC(=O)OCc3ccccc3)cc1)NC(C(C)C)CN2. The molecule has 11 nitrogen and oxygen atoms in total. The van der Waals surface area contributed by atoms with Crippen LogP contribution in [0.1, 0.15) is 84.2 Å². The fraction of sp³-hybridized carbons (Fsp3) is 0.442. The molecule has 0 saturated carbocycles. The Kier molecular flexibility index (Phi) is 22.4. The highest BCUT2D eigenvalue weighted by atomic mass is 19.4. The van der Waals surface area contributed by atoms with E-state index in [-0.39, 0.29) is 49.5 Å². The van der Waals surface area contributed by atoms with Gasteiger partial charge in [0.1, 0.15) is 18.8 Å². The number of ether oxygens (including phenoxy) is 1. The van der Waals surface area contributed by atoms with Crippen LogP contribution < -0.4 is 32.6 Å². The molecule has 4 rings (SSSR count). The lowest BCUT2D eigenvalue weighted by molar-refractivity contribution is -0.121. The standard InChI is InChI=1S/C30H36N6O4.C9H14F3N.2C2H6/c1-19(2)26-16-32-25-13-20(3)36(29(38)28(25)35-26)17-27(37)33-14-21-9-11-23(12-10-21)24(31)15-34-30(39)40-18-22-7-5-4-6-8-22;1-3-4-5-8(13)6-7(2)9(10,11)12;2*1-2/h4-13,19,26,31-32,35H,14-18H2,1-3H3,(H,33,37)(H,34,39);3-4,6,8H,5,13H2,1-2H3;2*1-2H3/b;4-3-,7-6+;;. The lowest BCUT2D eigenvalue weighted by Gasteiger charge is -2.31. The third kappa shape index (κ3) is 17.5. The summed E-state index contributed by atoms with van der Waals surface area (Å²) in [7, 11) is 0. The van der Waals surface area contributed by atoms with E-state index in [0.29, 0.717) is 29.3 Å². The second kappa shape index (κ2) is 25.7. The largest absolute Gasteiger partial charge is 0.445 e. The number of alkyl halides is 3. The average Bonchev–Trinajstić information content (AvgIpc) is 3.21. The van der Waals surface area contributed by atoms with Gasteiger partial charge < -0.3 is 41.7 Å². The van der Waals surface area contributed by atoms with Crippen molar-refractivity contribution in [3.05, 3.63) is 117 Å². The highest BCUT2D eigenvalue weighted by Crippen LogP contribution is 2.26. The van der Waals surface area contributed by atoms with Crippen molar-refractivity contribution in [2.24, 2.45) is 11.7 Å². The number of hydrogen-bond donors (Lipinski definition) is 6. The molecule has 3 aromatic rings. The number of alkyl carbamates (subject to hydrolysis) is 1. The highest BCUT2D eigenvalue weighted by Gasteiger charge is 2.30. The van der Waals surface area contributed by atoms with Crippen molar-refractivity contribution in [2.75, 3.05) is 23.7 Å². The van der Waals surface area contributed by atoms with Crippen molar-refractivity contribution >= 4 is 29.1 Å². The molecular formula is C43H62F3N7O4. The topological polar surface area (TPSA) is 163 Å². The minimum Gasteiger partial charge on any atom is -0.445 e. The summed E-state index contributed by atoms with van der Waals surface area (Å²) in [6.07, 6.45) is 0.131. The third-order valence-electron chi connectivity index (χ3n) is 8.43. The Bertz CT molecular complexity index is 1810. The number of aromatic nitrogens is 1. The lowest BCUT2D eigenvalue weighted by Crippen LogP contribution is -2.42. The predicted molar refractivity (Wildman–Crippen MR) is 226 cm³/mol. The number of rotatable bonds is 13. The molecule has 1 aliphatic rings. The molecule has 0 spiro atoms. The van der Waals surface area contributed by atoms with E-state index < -0.39 is 23.9 Å². The first kappa shape index (κ1) is 49.6. The summed E-state index contributed by atoms with van der Waals surface area (Å²) in [6, 6.07) is 18.0. The zero-order valence-corrected chi connectivity index (χ0v) is 34.8. The van der Waals surface area contributed by atoms with E-state index in [1.165, 1.54) is 4.57 Å². The summed E-state index contributed by atoms with van der Waals surface area (Å²) in [6.45, 7) is 18.0. The van der Waals surface area contributed by atoms with Gasteiger partial charge in [-0.1, -0.05) is 114 Å². The Hall–Kier alpha value is -5.37. The van der Waals surface area contributed by atoms with Crippen LogP contribution in [0.2, 0.25) is 0 Å². The predicted octanol–water partition coefficient (Wildman–Crippen LogP) is 8.47. The molecule has 57 heavy (non-hydrogen) atoms. The molecule has 14 heteroatoms. The van der Waals surface area contributed by atoms with Gasteiger partial charge in [0, 0.05) is 36.4 Å². The Morgan fingerprint density at radius 3 is 2.25 bits per heavy atom. The molecular weight excluding hydrogens is 736 g/mol. The number of halogens is 3. The van der Waals surface area contributed by atoms with Crippen molar-refractivity contribution in [3.63, 3.8) is 0 Å². The molecule has 314 valence electrons. The number of aryl methyl sites for hydroxylation is 1. The Morgan fingerprint density at radius 1 is 1.04 bits per heavy atom. The number of benzene rings is 2. The van der Waals surface area contributed by atoms with Crippen LogP contribution in [0.5, 0.6) is 0 Å². The molecule has 2 aromatic carbocycles. The molecule has 0 saturated heterocycles. The van der Waals surface area contributed by atoms with Gasteiger partial charge in [-0.3, -0.25) is 9.59 Å². The Labute approximate surface area is 335 Å². The third-order valence-corrected chi connectivity index (χ3v) is 8.43. The van der Waals surface area contributed by atoms with Crippen molar-refractivity contribution in [2.45, 2.75) is 107 Å². The number of amides is 2. The zero-order valence-electron chi connectivity index (χ0n) is 34.8. The minimum absolute atomic E-state index is 0.0286. The number of allylic oxidation sites excluding steroid dienone is 2. The number of nitrogens with one attached hydrogen (secondary N) is 5. The molecule has 1 aliphatic heterocycles. The number of anilines is 2. The molecule has 2 unspecified atom stereocenters. The van der Waals surface area contributed by atoms with Gasteiger partial charge in [-0.25, -0.2) is 4.79 Å². The van der Waals surface area contributed by atoms with Gasteiger partial charge in [0.15, 0.2) is 0 Å². The first-order valence-electron chi connectivity index (χ1n) is 19.3. The van der Waals surface area contributed by atoms with Crippen LogP contribution in [-0.2, 0) is 29.2 Å². The fourth-order valence-corrected chi connectivity index (χ4v) is 5.14. The van der Waals surface area contributed by atoms with E-state index in [0.717, 1.165) is 36.4 Å². The van der Waals surface area contributed by atoms with Crippen LogP contribution in [0.3, 0.4) is 0 Å². The normalized spacial score (nSPS) is 13.8. The molecule has 2 amide bonds. The molecule has 7 N–H and O–H groups in total. The maximum absolute atomic E-state index is 13.1. The smallest absolute Gasteiger partial charge is 0.412 e. The van der Waals surface area contributed by atoms with Gasteiger partial charge in [0.25, 0.3) is 5.56 Å². The molecule has 0 bridgehead atoms. The van der Waals surface area contributed by atoms with Crippen LogP contribution in [0.4, 0.5) is 29.3 Å². The summed E-state index contributed by atoms with van der Waals surface area (Å²) >= 11 is 0. The molecule has 2 heterocycles. The number of nitrogens with two attached hydrogens (primary N) is 1. The van der Waals surface area contributed by atoms with Crippen molar-refractivity contribution in [3.8, 4) is 0 Å². The van der Waals surface area contributed by atoms with Crippen molar-refractivity contribution < 1.29 is 27.5 Å². The summed E-state index contributed by atoms with van der Waals surface area (Å²) < 4.78 is 42.6. The monoisotopic (exact) mass is 797 g/mol. The van der Waals surface area contributed by atoms with Crippen molar-refractivity contribution in [1.82, 2.24) is 15.2 Å². The number of carbonyl (C=O) groups is 2. The summed E-state index contributed by atoms with van der Waals surface area (Å²) in [4.78, 5) is 37.8. The van der Waals surface area contributed by atoms with Crippen LogP contribution in [-0.4, -0.2) is 53.6 Å². The number of nitrogens with zero attached hydrogens (tertiary/aromatic N) is 1. The quantitative estimate of drug-likeness (QED) is 0.0747. The fourth-order valence-electron chi connectivity index (χ4n) is 5.14. The van der Waals surface area contributed by atoms with Crippen molar-refractivity contribution in [1.29, 1.82) is 5.41 Å². The Balaban J connectivity index is 0.000000809. The first-order chi connectivity index (χ1) is 27.1. The zero-order chi connectivity index (χ0) is 43.1. The van der Waals surface area contributed by atoms with Crippen LogP contribution in [0, 0.1) is 18.3 Å². The average molecular weight is 798 g/mol. The highest BCUT2D eigenvalue weighted by molar-refractivity contribution is 6.00. The van der Waals surface area contributed by atoms with Gasteiger partial charge in [-0.15, -0.1) is 0 Å². The molecule has 1 aromatic heterocycles. The Morgan fingerprint density at radius 2 is 1.67 bits per heavy atom. The maximum atomic E-state index is 13.1. The van der Waals surface area contributed by atoms with Gasteiger partial charge in [-0.05, 0) is 55.9 Å². The summed E-state index contributed by atoms with van der Waals surface area (Å²) in [5.74, 6) is 0.0790. The lowest BCUT2D eigenvalue weighted by atomic mass is 10.0. The van der Waals surface area contributed by atoms with E-state index in [1.807, 2.05) is 83.1 Å².